The smallest absolute Gasteiger partial charge is 0.120 e. The van der Waals surface area contributed by atoms with Gasteiger partial charge in [0.1, 0.15) is 5.75 Å². The van der Waals surface area contributed by atoms with Gasteiger partial charge in [0.05, 0.1) is 23.8 Å². The van der Waals surface area contributed by atoms with Crippen LogP contribution in [0.25, 0.3) is 21.8 Å². The molecule has 4 heteroatoms. The lowest BCUT2D eigenvalue weighted by molar-refractivity contribution is 0.415. The van der Waals surface area contributed by atoms with E-state index in [-0.39, 0.29) is 12.4 Å². The van der Waals surface area contributed by atoms with Crippen molar-refractivity contribution in [2.75, 3.05) is 7.11 Å². The van der Waals surface area contributed by atoms with Crippen molar-refractivity contribution in [3.8, 4) is 5.75 Å². The Kier molecular flexibility index (Phi) is 3.18. The van der Waals surface area contributed by atoms with E-state index < -0.39 is 0 Å². The standard InChI is InChI=1S/C14H14N2O.ClH/c1-8-6-12-11-5-4-10(17-3)7-13(11)16-14(12)9(2)15-8;/h4-7,16H,1-3H3;1H. The molecular weight excluding hydrogens is 248 g/mol. The molecule has 18 heavy (non-hydrogen) atoms. The molecular formula is C14H15ClN2O. The summed E-state index contributed by atoms with van der Waals surface area (Å²) in [5.74, 6) is 0.867. The molecule has 3 aromatic rings. The average molecular weight is 263 g/mol. The molecule has 0 unspecified atom stereocenters. The molecule has 0 saturated heterocycles. The first kappa shape index (κ1) is 12.7. The van der Waals surface area contributed by atoms with E-state index in [0.717, 1.165) is 28.2 Å². The Morgan fingerprint density at radius 2 is 1.89 bits per heavy atom. The van der Waals surface area contributed by atoms with Crippen LogP contribution in [0, 0.1) is 13.8 Å². The molecule has 0 bridgehead atoms. The molecule has 0 amide bonds. The van der Waals surface area contributed by atoms with Crippen LogP contribution in [0.15, 0.2) is 24.3 Å². The first-order valence-electron chi connectivity index (χ1n) is 5.62. The molecule has 0 saturated carbocycles. The van der Waals surface area contributed by atoms with Crippen molar-refractivity contribution in [2.45, 2.75) is 13.8 Å². The minimum atomic E-state index is 0. The summed E-state index contributed by atoms with van der Waals surface area (Å²) in [5.41, 5.74) is 4.29. The highest BCUT2D eigenvalue weighted by Crippen LogP contribution is 2.29. The normalized spacial score (nSPS) is 10.6. The highest BCUT2D eigenvalue weighted by atomic mass is 35.5. The Hall–Kier alpha value is -1.74. The van der Waals surface area contributed by atoms with Gasteiger partial charge in [-0.2, -0.15) is 0 Å². The van der Waals surface area contributed by atoms with Gasteiger partial charge < -0.3 is 9.72 Å². The summed E-state index contributed by atoms with van der Waals surface area (Å²) in [6, 6.07) is 8.21. The largest absolute Gasteiger partial charge is 0.497 e. The van der Waals surface area contributed by atoms with Crippen LogP contribution >= 0.6 is 12.4 Å². The maximum absolute atomic E-state index is 5.24. The number of pyridine rings is 1. The second-order valence-electron chi connectivity index (χ2n) is 4.31. The molecule has 1 aromatic carbocycles. The second kappa shape index (κ2) is 4.50. The zero-order chi connectivity index (χ0) is 12.0. The van der Waals surface area contributed by atoms with Crippen LogP contribution in [-0.2, 0) is 0 Å². The third kappa shape index (κ3) is 1.81. The van der Waals surface area contributed by atoms with Gasteiger partial charge in [-0.3, -0.25) is 4.98 Å². The number of nitrogens with zero attached hydrogens (tertiary/aromatic N) is 1. The molecule has 2 heterocycles. The predicted octanol–water partition coefficient (Wildman–Crippen LogP) is 3.76. The van der Waals surface area contributed by atoms with E-state index in [1.54, 1.807) is 7.11 Å². The summed E-state index contributed by atoms with van der Waals surface area (Å²) in [6.45, 7) is 4.05. The lowest BCUT2D eigenvalue weighted by Crippen LogP contribution is -1.86. The van der Waals surface area contributed by atoms with Crippen LogP contribution in [0.1, 0.15) is 11.4 Å². The SMILES string of the molecule is COc1ccc2c(c1)[nH]c1c(C)nc(C)cc12.Cl. The number of ether oxygens (including phenoxy) is 1. The first-order chi connectivity index (χ1) is 8.19. The van der Waals surface area contributed by atoms with Crippen molar-refractivity contribution < 1.29 is 4.74 Å². The number of fused-ring (bicyclic) bond motifs is 3. The molecule has 3 nitrogen and oxygen atoms in total. The van der Waals surface area contributed by atoms with E-state index >= 15 is 0 Å². The molecule has 0 fully saturated rings. The van der Waals surface area contributed by atoms with Crippen LogP contribution in [-0.4, -0.2) is 17.1 Å². The molecule has 3 rings (SSSR count). The lowest BCUT2D eigenvalue weighted by Gasteiger charge is -1.99. The number of hydrogen-bond donors (Lipinski definition) is 1. The average Bonchev–Trinajstić information content (AvgIpc) is 2.67. The summed E-state index contributed by atoms with van der Waals surface area (Å²) >= 11 is 0. The van der Waals surface area contributed by atoms with Gasteiger partial charge in [-0.25, -0.2) is 0 Å². The van der Waals surface area contributed by atoms with Gasteiger partial charge in [0.2, 0.25) is 0 Å². The number of nitrogens with one attached hydrogen (secondary N) is 1. The van der Waals surface area contributed by atoms with Crippen molar-refractivity contribution in [1.29, 1.82) is 0 Å². The highest BCUT2D eigenvalue weighted by Gasteiger charge is 2.08. The second-order valence-corrected chi connectivity index (χ2v) is 4.31. The molecule has 0 atom stereocenters. The molecule has 0 aliphatic heterocycles. The Labute approximate surface area is 112 Å². The maximum atomic E-state index is 5.24. The van der Waals surface area contributed by atoms with E-state index in [2.05, 4.69) is 22.1 Å². The van der Waals surface area contributed by atoms with E-state index in [9.17, 15) is 0 Å². The fourth-order valence-corrected chi connectivity index (χ4v) is 2.32. The van der Waals surface area contributed by atoms with Crippen LogP contribution in [0.4, 0.5) is 0 Å². The highest BCUT2D eigenvalue weighted by molar-refractivity contribution is 6.08. The molecule has 0 spiro atoms. The van der Waals surface area contributed by atoms with Crippen LogP contribution < -0.4 is 4.74 Å². The number of H-pyrrole nitrogens is 1. The molecule has 2 aromatic heterocycles. The Balaban J connectivity index is 0.00000120. The van der Waals surface area contributed by atoms with E-state index in [4.69, 9.17) is 4.74 Å². The van der Waals surface area contributed by atoms with E-state index in [1.807, 2.05) is 26.0 Å². The Morgan fingerprint density at radius 1 is 1.11 bits per heavy atom. The summed E-state index contributed by atoms with van der Waals surface area (Å²) < 4.78 is 5.24. The molecule has 1 N–H and O–H groups in total. The predicted molar refractivity (Wildman–Crippen MR) is 76.9 cm³/mol. The fourth-order valence-electron chi connectivity index (χ4n) is 2.32. The number of hydrogen-bond acceptors (Lipinski definition) is 2. The number of aromatic amines is 1. The van der Waals surface area contributed by atoms with Gasteiger partial charge in [-0.15, -0.1) is 12.4 Å². The van der Waals surface area contributed by atoms with Gasteiger partial charge in [0.15, 0.2) is 0 Å². The number of aryl methyl sites for hydroxylation is 2. The minimum absolute atomic E-state index is 0. The molecule has 94 valence electrons. The molecule has 0 radical (unpaired) electrons. The first-order valence-corrected chi connectivity index (χ1v) is 5.62. The third-order valence-corrected chi connectivity index (χ3v) is 3.10. The topological polar surface area (TPSA) is 37.9 Å². The van der Waals surface area contributed by atoms with Gasteiger partial charge >= 0.3 is 0 Å². The summed E-state index contributed by atoms with van der Waals surface area (Å²) in [7, 11) is 1.68. The molecule has 0 aliphatic rings. The van der Waals surface area contributed by atoms with Crippen molar-refractivity contribution in [3.63, 3.8) is 0 Å². The van der Waals surface area contributed by atoms with Crippen LogP contribution in [0.5, 0.6) is 5.75 Å². The summed E-state index contributed by atoms with van der Waals surface area (Å²) in [6.07, 6.45) is 0. The Bertz CT molecular complexity index is 718. The minimum Gasteiger partial charge on any atom is -0.497 e. The zero-order valence-electron chi connectivity index (χ0n) is 10.6. The number of halogens is 1. The van der Waals surface area contributed by atoms with Gasteiger partial charge in [-0.05, 0) is 32.0 Å². The summed E-state index contributed by atoms with van der Waals surface area (Å²) in [5, 5.41) is 2.45. The quantitative estimate of drug-likeness (QED) is 0.725. The number of benzene rings is 1. The van der Waals surface area contributed by atoms with Gasteiger partial charge in [-0.1, -0.05) is 0 Å². The van der Waals surface area contributed by atoms with Crippen molar-refractivity contribution in [3.05, 3.63) is 35.7 Å². The number of methoxy groups -OCH3 is 1. The zero-order valence-corrected chi connectivity index (χ0v) is 11.4. The van der Waals surface area contributed by atoms with Crippen LogP contribution in [0.2, 0.25) is 0 Å². The van der Waals surface area contributed by atoms with Gasteiger partial charge in [0, 0.05) is 22.5 Å². The molecule has 0 aliphatic carbocycles. The monoisotopic (exact) mass is 262 g/mol. The Morgan fingerprint density at radius 3 is 2.61 bits per heavy atom. The maximum Gasteiger partial charge on any atom is 0.120 e. The van der Waals surface area contributed by atoms with Crippen LogP contribution in [0.3, 0.4) is 0 Å². The van der Waals surface area contributed by atoms with Crippen molar-refractivity contribution >= 4 is 34.2 Å². The van der Waals surface area contributed by atoms with Crippen molar-refractivity contribution in [1.82, 2.24) is 9.97 Å². The lowest BCUT2D eigenvalue weighted by atomic mass is 10.1. The summed E-state index contributed by atoms with van der Waals surface area (Å²) in [4.78, 5) is 7.88. The van der Waals surface area contributed by atoms with Gasteiger partial charge in [0.25, 0.3) is 0 Å². The fraction of sp³-hybridized carbons (Fsp3) is 0.214. The van der Waals surface area contributed by atoms with E-state index in [0.29, 0.717) is 0 Å². The van der Waals surface area contributed by atoms with E-state index in [1.165, 1.54) is 10.8 Å². The van der Waals surface area contributed by atoms with Crippen molar-refractivity contribution in [2.24, 2.45) is 0 Å². The third-order valence-electron chi connectivity index (χ3n) is 3.10. The number of rotatable bonds is 1. The number of aromatic nitrogens is 2.